The maximum absolute atomic E-state index is 13.5. The molecule has 2 aliphatic carbocycles. The number of H-pyrrole nitrogens is 1. The zero-order chi connectivity index (χ0) is 47.9. The second-order valence-electron chi connectivity index (χ2n) is 19.4. The Morgan fingerprint density at radius 2 is 1.10 bits per heavy atom. The van der Waals surface area contributed by atoms with E-state index in [4.69, 9.17) is 18.9 Å². The van der Waals surface area contributed by atoms with Gasteiger partial charge in [0.2, 0.25) is 0 Å². The van der Waals surface area contributed by atoms with E-state index in [2.05, 4.69) is 53.0 Å². The molecule has 17 heteroatoms. The number of ketones is 1. The number of carboxylic acid groups (broad SMARTS) is 1. The van der Waals surface area contributed by atoms with Crippen LogP contribution in [0.5, 0.6) is 0 Å². The lowest BCUT2D eigenvalue weighted by atomic mass is 9.76. The molecule has 360 valence electrons. The number of amides is 2. The van der Waals surface area contributed by atoms with Crippen LogP contribution >= 0.6 is 0 Å². The van der Waals surface area contributed by atoms with Crippen molar-refractivity contribution < 1.29 is 43.9 Å². The van der Waals surface area contributed by atoms with E-state index < -0.39 is 29.1 Å². The first-order valence-electron chi connectivity index (χ1n) is 22.8. The molecule has 2 aliphatic heterocycles. The first kappa shape index (κ1) is 51.6. The van der Waals surface area contributed by atoms with Gasteiger partial charge in [0.25, 0.3) is 17.8 Å². The number of carbonyl (C=O) groups is 4. The van der Waals surface area contributed by atoms with Gasteiger partial charge in [0.1, 0.15) is 23.9 Å². The number of carbonyl (C=O) groups excluding carboxylic acids is 3. The molecule has 0 radical (unpaired) electrons. The van der Waals surface area contributed by atoms with Gasteiger partial charge >= 0.3 is 0 Å². The molecule has 2 saturated carbocycles. The largest absolute Gasteiger partial charge is 0.503 e. The first-order valence-corrected chi connectivity index (χ1v) is 22.8. The SMILES string of the molecule is CC(=O)O.CC(C)(C)C(=O)C1=C(O)C(=O)N(c2ccc(-c3ccon3)cc2)C1C1CCCCC1.CC(C)(C)c1[nH]nc2c1C(C1CCCCC1)N(c1ccc(-c3ccon3)cc1)C2=O.NN.O. The number of nitrogens with one attached hydrogen (secondary N) is 1. The third-order valence-electron chi connectivity index (χ3n) is 12.7. The fraction of sp³-hybridized carbons (Fsp3) is 0.460. The highest BCUT2D eigenvalue weighted by Crippen LogP contribution is 2.49. The van der Waals surface area contributed by atoms with Crippen LogP contribution in [0, 0.1) is 17.3 Å². The number of hydrogen-bond donors (Lipinski definition) is 5. The van der Waals surface area contributed by atoms with Gasteiger partial charge in [-0.1, -0.05) is 115 Å². The lowest BCUT2D eigenvalue weighted by Gasteiger charge is -2.36. The number of aromatic nitrogens is 4. The van der Waals surface area contributed by atoms with Gasteiger partial charge in [0.15, 0.2) is 17.2 Å². The van der Waals surface area contributed by atoms with Crippen molar-refractivity contribution in [3.8, 4) is 22.5 Å². The molecule has 2 unspecified atom stereocenters. The van der Waals surface area contributed by atoms with E-state index in [1.54, 1.807) is 17.2 Å². The van der Waals surface area contributed by atoms with Gasteiger partial charge in [0, 0.05) is 63.6 Å². The van der Waals surface area contributed by atoms with E-state index >= 15 is 0 Å². The summed E-state index contributed by atoms with van der Waals surface area (Å²) in [7, 11) is 0. The number of aromatic amines is 1. The maximum Gasteiger partial charge on any atom is 0.300 e. The monoisotopic (exact) mass is 922 g/mol. The Balaban J connectivity index is 0.000000222. The van der Waals surface area contributed by atoms with Crippen molar-refractivity contribution >= 4 is 34.9 Å². The molecule has 2 atom stereocenters. The second-order valence-corrected chi connectivity index (χ2v) is 19.4. The van der Waals surface area contributed by atoms with Gasteiger partial charge < -0.3 is 24.7 Å². The fourth-order valence-electron chi connectivity index (χ4n) is 9.67. The van der Waals surface area contributed by atoms with Gasteiger partial charge in [-0.3, -0.25) is 45.8 Å². The molecule has 4 aliphatic rings. The van der Waals surface area contributed by atoms with Crippen molar-refractivity contribution in [2.45, 2.75) is 130 Å². The van der Waals surface area contributed by atoms with Crippen LogP contribution in [0.1, 0.15) is 140 Å². The molecule has 17 nitrogen and oxygen atoms in total. The number of aliphatic hydroxyl groups excluding tert-OH is 1. The van der Waals surface area contributed by atoms with E-state index in [0.29, 0.717) is 23.0 Å². The van der Waals surface area contributed by atoms with E-state index in [9.17, 15) is 19.5 Å². The second kappa shape index (κ2) is 21.9. The average Bonchev–Trinajstić information content (AvgIpc) is 4.16. The minimum Gasteiger partial charge on any atom is -0.503 e. The number of nitrogens with two attached hydrogens (primary N) is 2. The van der Waals surface area contributed by atoms with Crippen molar-refractivity contribution in [1.29, 1.82) is 0 Å². The molecule has 2 fully saturated rings. The highest BCUT2D eigenvalue weighted by atomic mass is 16.5. The number of hydrazine groups is 1. The number of anilines is 2. The smallest absolute Gasteiger partial charge is 0.300 e. The predicted octanol–water partition coefficient (Wildman–Crippen LogP) is 8.79. The lowest BCUT2D eigenvalue weighted by Crippen LogP contribution is -2.44. The minimum atomic E-state index is -0.833. The van der Waals surface area contributed by atoms with Crippen LogP contribution in [0.2, 0.25) is 0 Å². The zero-order valence-electron chi connectivity index (χ0n) is 39.5. The maximum atomic E-state index is 13.5. The highest BCUT2D eigenvalue weighted by Gasteiger charge is 2.50. The summed E-state index contributed by atoms with van der Waals surface area (Å²) in [6, 6.07) is 18.7. The van der Waals surface area contributed by atoms with Crippen LogP contribution in [0.3, 0.4) is 0 Å². The lowest BCUT2D eigenvalue weighted by molar-refractivity contribution is -0.134. The third kappa shape index (κ3) is 11.2. The van der Waals surface area contributed by atoms with Gasteiger partial charge in [-0.25, -0.2) is 0 Å². The van der Waals surface area contributed by atoms with Crippen molar-refractivity contribution in [3.05, 3.63) is 101 Å². The highest BCUT2D eigenvalue weighted by molar-refractivity contribution is 6.17. The number of fused-ring (bicyclic) bond motifs is 1. The summed E-state index contributed by atoms with van der Waals surface area (Å²) >= 11 is 0. The summed E-state index contributed by atoms with van der Waals surface area (Å²) in [5, 5.41) is 33.8. The summed E-state index contributed by atoms with van der Waals surface area (Å²) in [5.74, 6) is 6.73. The number of aliphatic carboxylic acids is 1. The van der Waals surface area contributed by atoms with Gasteiger partial charge in [-0.05, 0) is 61.8 Å². The molecular formula is C50H66N8O9. The van der Waals surface area contributed by atoms with Crippen LogP contribution in [0.25, 0.3) is 22.5 Å². The molecule has 9 N–H and O–H groups in total. The van der Waals surface area contributed by atoms with E-state index in [1.165, 1.54) is 31.9 Å². The first-order chi connectivity index (χ1) is 31.5. The number of nitrogens with zero attached hydrogens (tertiary/aromatic N) is 5. The van der Waals surface area contributed by atoms with Crippen LogP contribution in [0.15, 0.2) is 93.6 Å². The fourth-order valence-corrected chi connectivity index (χ4v) is 9.67. The number of aliphatic hydroxyl groups is 1. The van der Waals surface area contributed by atoms with E-state index in [1.807, 2.05) is 80.3 Å². The van der Waals surface area contributed by atoms with Crippen LogP contribution in [-0.2, 0) is 19.8 Å². The number of carboxylic acids is 1. The summed E-state index contributed by atoms with van der Waals surface area (Å²) in [6.45, 7) is 13.1. The number of benzene rings is 2. The summed E-state index contributed by atoms with van der Waals surface area (Å²) in [6.07, 6.45) is 14.3. The number of rotatable bonds is 7. The Morgan fingerprint density at radius 1 is 0.687 bits per heavy atom. The van der Waals surface area contributed by atoms with E-state index in [-0.39, 0.29) is 40.1 Å². The Labute approximate surface area is 391 Å². The van der Waals surface area contributed by atoms with Crippen molar-refractivity contribution in [2.75, 3.05) is 9.80 Å². The Kier molecular flexibility index (Phi) is 16.9. The number of hydrogen-bond acceptors (Lipinski definition) is 12. The molecule has 0 spiro atoms. The molecule has 67 heavy (non-hydrogen) atoms. The molecule has 2 aromatic carbocycles. The quantitative estimate of drug-likeness (QED) is 0.0755. The molecule has 0 bridgehead atoms. The summed E-state index contributed by atoms with van der Waals surface area (Å²) in [5.41, 5.74) is 7.23. The zero-order valence-corrected chi connectivity index (χ0v) is 39.5. The topological polar surface area (TPSA) is 280 Å². The predicted molar refractivity (Wildman–Crippen MR) is 255 cm³/mol. The van der Waals surface area contributed by atoms with Gasteiger partial charge in [0.05, 0.1) is 17.7 Å². The van der Waals surface area contributed by atoms with Crippen LogP contribution in [0.4, 0.5) is 11.4 Å². The molecule has 9 rings (SSSR count). The van der Waals surface area contributed by atoms with Gasteiger partial charge in [-0.2, -0.15) is 5.10 Å². The van der Waals surface area contributed by atoms with Crippen LogP contribution < -0.4 is 21.5 Å². The van der Waals surface area contributed by atoms with Crippen molar-refractivity contribution in [1.82, 2.24) is 20.5 Å². The van der Waals surface area contributed by atoms with Crippen molar-refractivity contribution in [3.63, 3.8) is 0 Å². The molecule has 3 aromatic heterocycles. The summed E-state index contributed by atoms with van der Waals surface area (Å²) in [4.78, 5) is 52.5. The number of Topliss-reactive ketones (excluding diaryl/α,β-unsaturated/α-hetero) is 1. The standard InChI is InChI=1S/C24H28N4O2.C24H28N2O4.C2H4O2.H4N2.H2O/c1-24(2,3)22-19-20(25-26-22)23(29)28(21(19)16-7-5-4-6-8-16)17-11-9-15(10-12-17)18-13-14-30-27-18;1-24(2,3)22(28)19-20(16-7-5-4-6-8-16)26(23(29)21(19)27)17-11-9-15(10-12-17)18-13-14-30-25-18;1-2(3)4;1-2;/h9-14,16,21H,4-8H2,1-3H3,(H,25,26);9-14,16,20,27H,4-8H2,1-3H3;1H3,(H,3,4);1-2H2;1H2. The molecule has 5 heterocycles. The van der Waals surface area contributed by atoms with E-state index in [0.717, 1.165) is 79.2 Å². The molecule has 5 aromatic rings. The van der Waals surface area contributed by atoms with Crippen LogP contribution in [-0.4, -0.2) is 65.8 Å². The molecule has 0 saturated heterocycles. The minimum absolute atomic E-state index is 0. The Bertz CT molecular complexity index is 2450. The Morgan fingerprint density at radius 3 is 1.49 bits per heavy atom. The van der Waals surface area contributed by atoms with Gasteiger partial charge in [-0.15, -0.1) is 0 Å². The molecular weight excluding hydrogens is 857 g/mol. The summed E-state index contributed by atoms with van der Waals surface area (Å²) < 4.78 is 9.87. The average molecular weight is 923 g/mol. The molecule has 2 amide bonds. The normalized spacial score (nSPS) is 18.8. The Hall–Kier alpha value is -6.43. The third-order valence-corrected chi connectivity index (χ3v) is 12.7. The van der Waals surface area contributed by atoms with Crippen molar-refractivity contribution in [2.24, 2.45) is 28.9 Å².